The molecule has 0 atom stereocenters. The van der Waals surface area contributed by atoms with Crippen molar-refractivity contribution in [1.29, 1.82) is 0 Å². The molecule has 4 rings (SSSR count). The number of aromatic nitrogens is 4. The summed E-state index contributed by atoms with van der Waals surface area (Å²) in [5.74, 6) is 0.840. The number of aryl methyl sites for hydroxylation is 1. The maximum Gasteiger partial charge on any atom is 0.172 e. The van der Waals surface area contributed by atoms with Crippen LogP contribution in [0, 0.1) is 12.3 Å². The predicted molar refractivity (Wildman–Crippen MR) is 87.8 cm³/mol. The molecule has 0 unspecified atom stereocenters. The first-order valence-electron chi connectivity index (χ1n) is 7.78. The summed E-state index contributed by atoms with van der Waals surface area (Å²) in [5.41, 5.74) is 4.11. The van der Waals surface area contributed by atoms with Crippen molar-refractivity contribution in [3.05, 3.63) is 47.4 Å². The molecule has 0 aliphatic heterocycles. The Morgan fingerprint density at radius 2 is 1.87 bits per heavy atom. The van der Waals surface area contributed by atoms with Crippen LogP contribution in [0.5, 0.6) is 0 Å². The van der Waals surface area contributed by atoms with Gasteiger partial charge >= 0.3 is 0 Å². The van der Waals surface area contributed by atoms with E-state index in [2.05, 4.69) is 28.9 Å². The van der Waals surface area contributed by atoms with Gasteiger partial charge in [0.15, 0.2) is 11.6 Å². The zero-order chi connectivity index (χ0) is 16.2. The zero-order valence-electron chi connectivity index (χ0n) is 13.5. The Balaban J connectivity index is 1.92. The van der Waals surface area contributed by atoms with Gasteiger partial charge in [-0.3, -0.25) is 9.78 Å². The summed E-state index contributed by atoms with van der Waals surface area (Å²) in [6.07, 6.45) is 3.10. The molecule has 1 aliphatic rings. The van der Waals surface area contributed by atoms with E-state index >= 15 is 0 Å². The Hall–Kier alpha value is -2.56. The molecular formula is C18H18N4O. The molecule has 1 aromatic carbocycles. The molecule has 2 heterocycles. The van der Waals surface area contributed by atoms with Crippen LogP contribution < -0.4 is 0 Å². The lowest BCUT2D eigenvalue weighted by Gasteiger charge is -2.28. The fraction of sp³-hybridized carbons (Fsp3) is 0.333. The molecule has 0 saturated carbocycles. The highest BCUT2D eigenvalue weighted by atomic mass is 16.1. The summed E-state index contributed by atoms with van der Waals surface area (Å²) in [7, 11) is 0. The molecule has 3 aromatic rings. The summed E-state index contributed by atoms with van der Waals surface area (Å²) in [4.78, 5) is 21.6. The third-order valence-corrected chi connectivity index (χ3v) is 4.37. The van der Waals surface area contributed by atoms with Crippen LogP contribution in [0.15, 0.2) is 30.5 Å². The van der Waals surface area contributed by atoms with Crippen molar-refractivity contribution in [3.8, 4) is 5.82 Å². The Labute approximate surface area is 134 Å². The van der Waals surface area contributed by atoms with Crippen LogP contribution in [-0.2, 0) is 6.42 Å². The second kappa shape index (κ2) is 4.72. The second-order valence-corrected chi connectivity index (χ2v) is 6.98. The fourth-order valence-corrected chi connectivity index (χ4v) is 3.38. The number of nitrogens with zero attached hydrogens (tertiary/aromatic N) is 4. The van der Waals surface area contributed by atoms with Crippen LogP contribution in [0.25, 0.3) is 16.9 Å². The highest BCUT2D eigenvalue weighted by Crippen LogP contribution is 2.36. The minimum absolute atomic E-state index is 0.0570. The molecule has 0 amide bonds. The Morgan fingerprint density at radius 3 is 2.65 bits per heavy atom. The molecular weight excluding hydrogens is 288 g/mol. The molecule has 23 heavy (non-hydrogen) atoms. The van der Waals surface area contributed by atoms with E-state index in [1.807, 2.05) is 31.2 Å². The van der Waals surface area contributed by atoms with Gasteiger partial charge in [-0.25, -0.2) is 9.67 Å². The van der Waals surface area contributed by atoms with Crippen LogP contribution in [0.3, 0.4) is 0 Å². The highest BCUT2D eigenvalue weighted by molar-refractivity contribution is 5.99. The number of fused-ring (bicyclic) bond motifs is 2. The van der Waals surface area contributed by atoms with Gasteiger partial charge < -0.3 is 0 Å². The van der Waals surface area contributed by atoms with Crippen molar-refractivity contribution in [2.75, 3.05) is 0 Å². The predicted octanol–water partition coefficient (Wildman–Crippen LogP) is 3.28. The number of carbonyl (C=O) groups excluding carboxylic acids is 1. The first-order valence-corrected chi connectivity index (χ1v) is 7.78. The van der Waals surface area contributed by atoms with Crippen LogP contribution in [0.4, 0.5) is 0 Å². The molecule has 0 spiro atoms. The van der Waals surface area contributed by atoms with Gasteiger partial charge in [-0.15, -0.1) is 0 Å². The summed E-state index contributed by atoms with van der Waals surface area (Å²) >= 11 is 0. The van der Waals surface area contributed by atoms with Gasteiger partial charge in [0, 0.05) is 6.42 Å². The smallest absolute Gasteiger partial charge is 0.172 e. The molecule has 0 bridgehead atoms. The number of Topliss-reactive ketones (excluding diaryl/α,β-unsaturated/α-hetero) is 1. The standard InChI is InChI=1S/C18H18N4O/c1-11-17-14(8-18(2,3)9-15(17)23)22(21-11)16-10-19-12-6-4-5-7-13(12)20-16/h4-7,10H,8-9H2,1-3H3. The van der Waals surface area contributed by atoms with Gasteiger partial charge in [-0.2, -0.15) is 5.10 Å². The van der Waals surface area contributed by atoms with Crippen molar-refractivity contribution in [3.63, 3.8) is 0 Å². The zero-order valence-corrected chi connectivity index (χ0v) is 13.5. The first-order chi connectivity index (χ1) is 10.9. The summed E-state index contributed by atoms with van der Waals surface area (Å²) in [6, 6.07) is 7.75. The van der Waals surface area contributed by atoms with E-state index < -0.39 is 0 Å². The lowest BCUT2D eigenvalue weighted by molar-refractivity contribution is 0.0910. The number of rotatable bonds is 1. The van der Waals surface area contributed by atoms with Crippen LogP contribution in [0.2, 0.25) is 0 Å². The third-order valence-electron chi connectivity index (χ3n) is 4.37. The van der Waals surface area contributed by atoms with E-state index in [0.717, 1.165) is 34.4 Å². The number of ketones is 1. The van der Waals surface area contributed by atoms with Gasteiger partial charge in [0.1, 0.15) is 0 Å². The van der Waals surface area contributed by atoms with Crippen molar-refractivity contribution in [2.24, 2.45) is 5.41 Å². The number of benzene rings is 1. The molecule has 0 radical (unpaired) electrons. The van der Waals surface area contributed by atoms with Gasteiger partial charge in [-0.1, -0.05) is 26.0 Å². The molecule has 1 aliphatic carbocycles. The number of hydrogen-bond acceptors (Lipinski definition) is 4. The van der Waals surface area contributed by atoms with E-state index in [4.69, 9.17) is 0 Å². The lowest BCUT2D eigenvalue weighted by atomic mass is 9.75. The Kier molecular flexibility index (Phi) is 2.88. The van der Waals surface area contributed by atoms with E-state index in [1.165, 1.54) is 0 Å². The van der Waals surface area contributed by atoms with Gasteiger partial charge in [0.25, 0.3) is 0 Å². The fourth-order valence-electron chi connectivity index (χ4n) is 3.38. The van der Waals surface area contributed by atoms with Gasteiger partial charge in [0.05, 0.1) is 34.2 Å². The maximum absolute atomic E-state index is 12.5. The largest absolute Gasteiger partial charge is 0.294 e. The van der Waals surface area contributed by atoms with E-state index in [0.29, 0.717) is 12.2 Å². The van der Waals surface area contributed by atoms with E-state index in [1.54, 1.807) is 10.9 Å². The van der Waals surface area contributed by atoms with Gasteiger partial charge in [0.2, 0.25) is 0 Å². The maximum atomic E-state index is 12.5. The Bertz CT molecular complexity index is 939. The minimum atomic E-state index is -0.0570. The minimum Gasteiger partial charge on any atom is -0.294 e. The van der Waals surface area contributed by atoms with Gasteiger partial charge in [-0.05, 0) is 30.9 Å². The topological polar surface area (TPSA) is 60.7 Å². The third kappa shape index (κ3) is 2.23. The SMILES string of the molecule is Cc1nn(-c2cnc3ccccc3n2)c2c1C(=O)CC(C)(C)C2. The van der Waals surface area contributed by atoms with E-state index in [-0.39, 0.29) is 11.2 Å². The quantitative estimate of drug-likeness (QED) is 0.692. The number of hydrogen-bond donors (Lipinski definition) is 0. The number of carbonyl (C=O) groups is 1. The highest BCUT2D eigenvalue weighted by Gasteiger charge is 2.35. The summed E-state index contributed by atoms with van der Waals surface area (Å²) in [5, 5.41) is 4.58. The molecule has 0 N–H and O–H groups in total. The van der Waals surface area contributed by atoms with Crippen molar-refractivity contribution in [2.45, 2.75) is 33.6 Å². The van der Waals surface area contributed by atoms with E-state index in [9.17, 15) is 4.79 Å². The molecule has 0 fully saturated rings. The van der Waals surface area contributed by atoms with Crippen molar-refractivity contribution in [1.82, 2.24) is 19.7 Å². The molecule has 116 valence electrons. The molecule has 5 heteroatoms. The van der Waals surface area contributed by atoms with Crippen LogP contribution in [0.1, 0.15) is 42.0 Å². The van der Waals surface area contributed by atoms with Crippen molar-refractivity contribution < 1.29 is 4.79 Å². The second-order valence-electron chi connectivity index (χ2n) is 6.98. The average Bonchev–Trinajstić information content (AvgIpc) is 2.82. The number of para-hydroxylation sites is 2. The normalized spacial score (nSPS) is 16.6. The lowest BCUT2D eigenvalue weighted by Crippen LogP contribution is -2.28. The molecule has 2 aromatic heterocycles. The van der Waals surface area contributed by atoms with Crippen molar-refractivity contribution >= 4 is 16.8 Å². The summed E-state index contributed by atoms with van der Waals surface area (Å²) < 4.78 is 1.79. The first kappa shape index (κ1) is 14.1. The van der Waals surface area contributed by atoms with Crippen LogP contribution >= 0.6 is 0 Å². The monoisotopic (exact) mass is 306 g/mol. The molecule has 0 saturated heterocycles. The average molecular weight is 306 g/mol. The molecule has 5 nitrogen and oxygen atoms in total. The van der Waals surface area contributed by atoms with Crippen LogP contribution in [-0.4, -0.2) is 25.5 Å². The Morgan fingerprint density at radius 1 is 1.13 bits per heavy atom. The summed E-state index contributed by atoms with van der Waals surface area (Å²) in [6.45, 7) is 6.12.